The number of ether oxygens (including phenoxy) is 2. The van der Waals surface area contributed by atoms with E-state index in [2.05, 4.69) is 15.9 Å². The molecule has 7 nitrogen and oxygen atoms in total. The van der Waals surface area contributed by atoms with Crippen molar-refractivity contribution in [3.05, 3.63) is 34.3 Å². The number of halogens is 1. The number of carbonyl (C=O) groups excluding carboxylic acids is 3. The van der Waals surface area contributed by atoms with Crippen LogP contribution >= 0.6 is 15.9 Å². The van der Waals surface area contributed by atoms with Crippen molar-refractivity contribution in [1.82, 2.24) is 4.90 Å². The highest BCUT2D eigenvalue weighted by Crippen LogP contribution is 2.20. The van der Waals surface area contributed by atoms with E-state index >= 15 is 0 Å². The second-order valence-corrected chi connectivity index (χ2v) is 8.31. The molecule has 2 N–H and O–H groups in total. The minimum atomic E-state index is -1.25. The number of amides is 1. The second kappa shape index (κ2) is 9.85. The average Bonchev–Trinajstić information content (AvgIpc) is 2.56. The summed E-state index contributed by atoms with van der Waals surface area (Å²) in [5.74, 6) is -2.73. The van der Waals surface area contributed by atoms with Gasteiger partial charge in [0.2, 0.25) is 0 Å². The molecule has 0 spiro atoms. The molecule has 2 unspecified atom stereocenters. The van der Waals surface area contributed by atoms with Gasteiger partial charge in [-0.05, 0) is 44.9 Å². The van der Waals surface area contributed by atoms with Gasteiger partial charge in [-0.2, -0.15) is 0 Å². The molecule has 8 heteroatoms. The Bertz CT molecular complexity index is 668. The van der Waals surface area contributed by atoms with Gasteiger partial charge in [0, 0.05) is 18.6 Å². The number of nitrogens with zero attached hydrogens (tertiary/aromatic N) is 1. The Morgan fingerprint density at radius 3 is 2.15 bits per heavy atom. The van der Waals surface area contributed by atoms with Crippen LogP contribution in [0, 0.1) is 5.92 Å². The van der Waals surface area contributed by atoms with Gasteiger partial charge in [-0.3, -0.25) is 14.4 Å². The summed E-state index contributed by atoms with van der Waals surface area (Å²) in [6, 6.07) is 6.07. The lowest BCUT2D eigenvalue weighted by molar-refractivity contribution is -0.165. The van der Waals surface area contributed by atoms with Gasteiger partial charge in [0.25, 0.3) is 5.91 Å². The highest BCUT2D eigenvalue weighted by atomic mass is 79.9. The number of esters is 2. The quantitative estimate of drug-likeness (QED) is 0.647. The van der Waals surface area contributed by atoms with Gasteiger partial charge in [-0.1, -0.05) is 28.1 Å². The SMILES string of the molecule is CN(C)C(=O)COC(=O)C(N)C(Cc1ccc(Br)cc1)C(=O)OC(C)(C)C. The first-order chi connectivity index (χ1) is 12.4. The molecule has 0 fully saturated rings. The summed E-state index contributed by atoms with van der Waals surface area (Å²) >= 11 is 3.35. The van der Waals surface area contributed by atoms with Gasteiger partial charge in [0.15, 0.2) is 6.61 Å². The fraction of sp³-hybridized carbons (Fsp3) is 0.526. The first-order valence-corrected chi connectivity index (χ1v) is 9.29. The zero-order chi connectivity index (χ0) is 20.8. The molecular formula is C19H27BrN2O5. The minimum absolute atomic E-state index is 0.208. The third-order valence-corrected chi connectivity index (χ3v) is 4.15. The zero-order valence-corrected chi connectivity index (χ0v) is 17.9. The summed E-state index contributed by atoms with van der Waals surface area (Å²) in [5.41, 5.74) is 6.11. The molecule has 0 aromatic heterocycles. The van der Waals surface area contributed by atoms with E-state index in [1.54, 1.807) is 34.9 Å². The van der Waals surface area contributed by atoms with E-state index in [0.717, 1.165) is 10.0 Å². The van der Waals surface area contributed by atoms with Gasteiger partial charge < -0.3 is 20.1 Å². The van der Waals surface area contributed by atoms with Crippen LogP contribution < -0.4 is 5.73 Å². The Morgan fingerprint density at radius 1 is 1.11 bits per heavy atom. The van der Waals surface area contributed by atoms with Crippen LogP contribution in [-0.2, 0) is 30.3 Å². The maximum absolute atomic E-state index is 12.6. The third-order valence-electron chi connectivity index (χ3n) is 3.62. The molecule has 0 saturated carbocycles. The molecule has 27 heavy (non-hydrogen) atoms. The predicted octanol–water partition coefficient (Wildman–Crippen LogP) is 1.91. The molecule has 0 heterocycles. The van der Waals surface area contributed by atoms with Gasteiger partial charge in [-0.25, -0.2) is 0 Å². The molecule has 0 aliphatic carbocycles. The normalized spacial score (nSPS) is 13.4. The fourth-order valence-electron chi connectivity index (χ4n) is 2.13. The summed E-state index contributed by atoms with van der Waals surface area (Å²) in [6.07, 6.45) is 0.208. The minimum Gasteiger partial charge on any atom is -0.460 e. The van der Waals surface area contributed by atoms with Gasteiger partial charge in [-0.15, -0.1) is 0 Å². The monoisotopic (exact) mass is 442 g/mol. The van der Waals surface area contributed by atoms with E-state index in [-0.39, 0.29) is 12.3 Å². The van der Waals surface area contributed by atoms with Gasteiger partial charge in [0.05, 0.1) is 5.92 Å². The van der Waals surface area contributed by atoms with Crippen molar-refractivity contribution in [3.63, 3.8) is 0 Å². The topological polar surface area (TPSA) is 98.9 Å². The van der Waals surface area contributed by atoms with Gasteiger partial charge in [0.1, 0.15) is 11.6 Å². The summed E-state index contributed by atoms with van der Waals surface area (Å²) in [4.78, 5) is 37.8. The second-order valence-electron chi connectivity index (χ2n) is 7.39. The van der Waals surface area contributed by atoms with E-state index in [1.165, 1.54) is 4.90 Å². The van der Waals surface area contributed by atoms with Crippen LogP contribution in [0.1, 0.15) is 26.3 Å². The third kappa shape index (κ3) is 8.09. The van der Waals surface area contributed by atoms with Crippen molar-refractivity contribution < 1.29 is 23.9 Å². The Hall–Kier alpha value is -1.93. The largest absolute Gasteiger partial charge is 0.460 e. The van der Waals surface area contributed by atoms with E-state index in [0.29, 0.717) is 0 Å². The molecular weight excluding hydrogens is 416 g/mol. The van der Waals surface area contributed by atoms with Crippen molar-refractivity contribution >= 4 is 33.8 Å². The molecule has 1 aromatic carbocycles. The Labute approximate surface area is 168 Å². The van der Waals surface area contributed by atoms with Crippen LogP contribution in [0.15, 0.2) is 28.7 Å². The lowest BCUT2D eigenvalue weighted by atomic mass is 9.92. The number of hydrogen-bond donors (Lipinski definition) is 1. The van der Waals surface area contributed by atoms with E-state index in [1.807, 2.05) is 24.3 Å². The Morgan fingerprint density at radius 2 is 1.67 bits per heavy atom. The summed E-state index contributed by atoms with van der Waals surface area (Å²) in [7, 11) is 3.10. The van der Waals surface area contributed by atoms with Crippen molar-refractivity contribution in [2.24, 2.45) is 11.7 Å². The number of likely N-dealkylation sites (N-methyl/N-ethyl adjacent to an activating group) is 1. The summed E-state index contributed by atoms with van der Waals surface area (Å²) in [5, 5.41) is 0. The smallest absolute Gasteiger partial charge is 0.324 e. The fourth-order valence-corrected chi connectivity index (χ4v) is 2.40. The van der Waals surface area contributed by atoms with Crippen LogP contribution in [0.4, 0.5) is 0 Å². The zero-order valence-electron chi connectivity index (χ0n) is 16.3. The van der Waals surface area contributed by atoms with Crippen molar-refractivity contribution in [3.8, 4) is 0 Å². The van der Waals surface area contributed by atoms with E-state index < -0.39 is 36.1 Å². The number of rotatable bonds is 7. The number of hydrogen-bond acceptors (Lipinski definition) is 6. The van der Waals surface area contributed by atoms with E-state index in [4.69, 9.17) is 15.2 Å². The van der Waals surface area contributed by atoms with Crippen molar-refractivity contribution in [1.29, 1.82) is 0 Å². The maximum Gasteiger partial charge on any atom is 0.324 e. The number of carbonyl (C=O) groups is 3. The molecule has 1 rings (SSSR count). The van der Waals surface area contributed by atoms with Crippen LogP contribution in [-0.4, -0.2) is 55.1 Å². The van der Waals surface area contributed by atoms with E-state index in [9.17, 15) is 14.4 Å². The molecule has 150 valence electrons. The first kappa shape index (κ1) is 23.1. The predicted molar refractivity (Wildman–Crippen MR) is 105 cm³/mol. The number of benzene rings is 1. The highest BCUT2D eigenvalue weighted by Gasteiger charge is 2.35. The molecule has 2 atom stereocenters. The standard InChI is InChI=1S/C19H27BrN2O5/c1-19(2,3)27-17(24)14(10-12-6-8-13(20)9-7-12)16(21)18(25)26-11-15(23)22(4)5/h6-9,14,16H,10-11,21H2,1-5H3. The molecule has 0 aliphatic heterocycles. The Balaban J connectivity index is 2.94. The highest BCUT2D eigenvalue weighted by molar-refractivity contribution is 9.10. The van der Waals surface area contributed by atoms with Crippen molar-refractivity contribution in [2.75, 3.05) is 20.7 Å². The van der Waals surface area contributed by atoms with Crippen LogP contribution in [0.5, 0.6) is 0 Å². The summed E-state index contributed by atoms with van der Waals surface area (Å²) < 4.78 is 11.3. The molecule has 1 amide bonds. The Kier molecular flexibility index (Phi) is 8.43. The molecule has 1 aromatic rings. The molecule has 0 saturated heterocycles. The van der Waals surface area contributed by atoms with Gasteiger partial charge >= 0.3 is 11.9 Å². The lowest BCUT2D eigenvalue weighted by Crippen LogP contribution is -2.47. The van der Waals surface area contributed by atoms with Crippen LogP contribution in [0.3, 0.4) is 0 Å². The maximum atomic E-state index is 12.6. The first-order valence-electron chi connectivity index (χ1n) is 8.50. The molecule has 0 aliphatic rings. The summed E-state index contributed by atoms with van der Waals surface area (Å²) in [6.45, 7) is 4.78. The van der Waals surface area contributed by atoms with Crippen LogP contribution in [0.25, 0.3) is 0 Å². The van der Waals surface area contributed by atoms with Crippen LogP contribution in [0.2, 0.25) is 0 Å². The average molecular weight is 443 g/mol. The van der Waals surface area contributed by atoms with Crippen molar-refractivity contribution in [2.45, 2.75) is 38.8 Å². The molecule has 0 radical (unpaired) electrons. The number of nitrogens with two attached hydrogens (primary N) is 1. The molecule has 0 bridgehead atoms. The lowest BCUT2D eigenvalue weighted by Gasteiger charge is -2.26.